The zero-order valence-corrected chi connectivity index (χ0v) is 7.99. The minimum atomic E-state index is 0. The summed E-state index contributed by atoms with van der Waals surface area (Å²) in [5, 5.41) is 11.1. The van der Waals surface area contributed by atoms with Crippen molar-refractivity contribution in [2.45, 2.75) is 6.92 Å². The maximum atomic E-state index is 8.40. The van der Waals surface area contributed by atoms with Gasteiger partial charge in [-0.3, -0.25) is 7.05 Å². The van der Waals surface area contributed by atoms with E-state index in [0.29, 0.717) is 5.92 Å². The summed E-state index contributed by atoms with van der Waals surface area (Å²) in [6.07, 6.45) is 0. The van der Waals surface area contributed by atoms with Crippen molar-refractivity contribution in [2.75, 3.05) is 13.2 Å². The van der Waals surface area contributed by atoms with E-state index < -0.39 is 0 Å². The maximum absolute atomic E-state index is 8.40. The quantitative estimate of drug-likeness (QED) is 0.715. The SMILES string of the molecule is [CH2-]NCC(C)CO.[W]. The normalized spacial score (nSPS) is 12.4. The van der Waals surface area contributed by atoms with Gasteiger partial charge in [0.05, 0.1) is 0 Å². The van der Waals surface area contributed by atoms with Gasteiger partial charge < -0.3 is 10.4 Å². The standard InChI is InChI=1S/C5H12NO.W/c1-5(4-7)3-6-2;/h5-7H,2-4H2,1H3;/q-1;. The fourth-order valence-corrected chi connectivity index (χ4v) is 0.311. The third-order valence-electron chi connectivity index (χ3n) is 0.804. The number of aliphatic hydroxyl groups is 1. The summed E-state index contributed by atoms with van der Waals surface area (Å²) in [5.41, 5.74) is 0. The van der Waals surface area contributed by atoms with Gasteiger partial charge in [-0.05, 0) is 12.5 Å². The molecule has 2 nitrogen and oxygen atoms in total. The first-order chi connectivity index (χ1) is 3.31. The Morgan fingerprint density at radius 2 is 2.25 bits per heavy atom. The van der Waals surface area contributed by atoms with E-state index in [1.54, 1.807) is 0 Å². The third kappa shape index (κ3) is 6.61. The molecule has 0 radical (unpaired) electrons. The van der Waals surface area contributed by atoms with Crippen molar-refractivity contribution >= 4 is 0 Å². The summed E-state index contributed by atoms with van der Waals surface area (Å²) < 4.78 is 0. The third-order valence-corrected chi connectivity index (χ3v) is 0.804. The van der Waals surface area contributed by atoms with Crippen LogP contribution in [-0.2, 0) is 21.1 Å². The van der Waals surface area contributed by atoms with Crippen LogP contribution in [-0.4, -0.2) is 18.3 Å². The van der Waals surface area contributed by atoms with Crippen molar-refractivity contribution in [1.29, 1.82) is 0 Å². The van der Waals surface area contributed by atoms with Gasteiger partial charge in [0.15, 0.2) is 0 Å². The average molecular weight is 286 g/mol. The van der Waals surface area contributed by atoms with Crippen LogP contribution in [0.1, 0.15) is 6.92 Å². The summed E-state index contributed by atoms with van der Waals surface area (Å²) in [4.78, 5) is 0. The van der Waals surface area contributed by atoms with Crippen molar-refractivity contribution in [1.82, 2.24) is 5.32 Å². The molecule has 0 spiro atoms. The van der Waals surface area contributed by atoms with E-state index in [0.717, 1.165) is 6.54 Å². The van der Waals surface area contributed by atoms with Gasteiger partial charge in [-0.15, -0.1) is 0 Å². The van der Waals surface area contributed by atoms with Crippen molar-refractivity contribution in [2.24, 2.45) is 5.92 Å². The van der Waals surface area contributed by atoms with Gasteiger partial charge in [0.2, 0.25) is 0 Å². The largest absolute Gasteiger partial charge is 0.472 e. The van der Waals surface area contributed by atoms with Crippen molar-refractivity contribution in [3.8, 4) is 0 Å². The summed E-state index contributed by atoms with van der Waals surface area (Å²) >= 11 is 0. The van der Waals surface area contributed by atoms with Gasteiger partial charge in [0.25, 0.3) is 0 Å². The topological polar surface area (TPSA) is 32.3 Å². The van der Waals surface area contributed by atoms with Crippen LogP contribution in [0.5, 0.6) is 0 Å². The summed E-state index contributed by atoms with van der Waals surface area (Å²) in [5.74, 6) is 0.331. The molecule has 0 bridgehead atoms. The molecule has 0 amide bonds. The smallest absolute Gasteiger partial charge is 0.0467 e. The molecule has 0 heterocycles. The Hall–Kier alpha value is 0.608. The Labute approximate surface area is 64.9 Å². The van der Waals surface area contributed by atoms with Crippen molar-refractivity contribution in [3.63, 3.8) is 0 Å². The molecule has 0 saturated carbocycles. The van der Waals surface area contributed by atoms with E-state index in [1.165, 1.54) is 0 Å². The molecule has 3 heteroatoms. The van der Waals surface area contributed by atoms with Crippen LogP contribution in [0.25, 0.3) is 0 Å². The second kappa shape index (κ2) is 7.61. The van der Waals surface area contributed by atoms with Crippen LogP contribution >= 0.6 is 0 Å². The molecule has 0 aliphatic carbocycles. The Morgan fingerprint density at radius 3 is 2.38 bits per heavy atom. The average Bonchev–Trinajstić information content (AvgIpc) is 1.68. The predicted octanol–water partition coefficient (Wildman–Crippen LogP) is -0.00651. The Kier molecular flexibility index (Phi) is 10.9. The number of rotatable bonds is 3. The van der Waals surface area contributed by atoms with Crippen LogP contribution < -0.4 is 5.32 Å². The molecular weight excluding hydrogens is 274 g/mol. The fourth-order valence-electron chi connectivity index (χ4n) is 0.311. The molecule has 0 aromatic carbocycles. The molecule has 0 aliphatic rings. The van der Waals surface area contributed by atoms with E-state index in [1.807, 2.05) is 6.92 Å². The molecule has 0 aromatic heterocycles. The summed E-state index contributed by atoms with van der Waals surface area (Å²) in [6, 6.07) is 0. The van der Waals surface area contributed by atoms with E-state index in [-0.39, 0.29) is 27.7 Å². The van der Waals surface area contributed by atoms with Crippen LogP contribution in [0.15, 0.2) is 0 Å². The second-order valence-corrected chi connectivity index (χ2v) is 1.74. The second-order valence-electron chi connectivity index (χ2n) is 1.74. The van der Waals surface area contributed by atoms with Crippen LogP contribution in [0.4, 0.5) is 0 Å². The predicted molar refractivity (Wildman–Crippen MR) is 29.6 cm³/mol. The molecular formula is C5H12NOW-. The Balaban J connectivity index is 0. The summed E-state index contributed by atoms with van der Waals surface area (Å²) in [6.45, 7) is 2.98. The molecule has 1 atom stereocenters. The Morgan fingerprint density at radius 1 is 1.75 bits per heavy atom. The van der Waals surface area contributed by atoms with Crippen LogP contribution in [0.2, 0.25) is 0 Å². The first-order valence-corrected chi connectivity index (χ1v) is 2.42. The van der Waals surface area contributed by atoms with Gasteiger partial charge in [-0.2, -0.15) is 0 Å². The first kappa shape index (κ1) is 11.4. The molecule has 0 aliphatic heterocycles. The van der Waals surface area contributed by atoms with Crippen LogP contribution in [0.3, 0.4) is 0 Å². The molecule has 0 rings (SSSR count). The number of hydrogen-bond donors (Lipinski definition) is 2. The molecule has 2 N–H and O–H groups in total. The zero-order valence-electron chi connectivity index (χ0n) is 5.05. The molecule has 1 unspecified atom stereocenters. The van der Waals surface area contributed by atoms with Gasteiger partial charge >= 0.3 is 0 Å². The van der Waals surface area contributed by atoms with Crippen molar-refractivity contribution < 1.29 is 26.2 Å². The minimum absolute atomic E-state index is 0. The number of nitrogens with one attached hydrogen (secondary N) is 1. The molecule has 0 saturated heterocycles. The van der Waals surface area contributed by atoms with Gasteiger partial charge in [0, 0.05) is 27.7 Å². The molecule has 0 fully saturated rings. The van der Waals surface area contributed by atoms with E-state index in [9.17, 15) is 0 Å². The Bertz CT molecular complexity index is 43.4. The molecule has 0 aromatic rings. The zero-order chi connectivity index (χ0) is 5.70. The monoisotopic (exact) mass is 286 g/mol. The molecule has 50 valence electrons. The first-order valence-electron chi connectivity index (χ1n) is 2.42. The van der Waals surface area contributed by atoms with Crippen LogP contribution in [0, 0.1) is 13.0 Å². The van der Waals surface area contributed by atoms with E-state index >= 15 is 0 Å². The molecule has 8 heavy (non-hydrogen) atoms. The van der Waals surface area contributed by atoms with E-state index in [2.05, 4.69) is 12.4 Å². The van der Waals surface area contributed by atoms with Gasteiger partial charge in [0.1, 0.15) is 0 Å². The fraction of sp³-hybridized carbons (Fsp3) is 0.800. The van der Waals surface area contributed by atoms with Crippen molar-refractivity contribution in [3.05, 3.63) is 7.05 Å². The maximum Gasteiger partial charge on any atom is 0.0467 e. The van der Waals surface area contributed by atoms with E-state index in [4.69, 9.17) is 5.11 Å². The van der Waals surface area contributed by atoms with Gasteiger partial charge in [-0.1, -0.05) is 6.92 Å². The number of aliphatic hydroxyl groups excluding tert-OH is 1. The minimum Gasteiger partial charge on any atom is -0.472 e. The number of hydrogen-bond acceptors (Lipinski definition) is 2. The van der Waals surface area contributed by atoms with Gasteiger partial charge in [-0.25, -0.2) is 0 Å². The summed E-state index contributed by atoms with van der Waals surface area (Å²) in [7, 11) is 3.41.